The Kier molecular flexibility index (Phi) is 7.73. The number of amides is 3. The van der Waals surface area contributed by atoms with Crippen molar-refractivity contribution in [3.8, 4) is 0 Å². The van der Waals surface area contributed by atoms with Gasteiger partial charge in [-0.15, -0.1) is 0 Å². The minimum absolute atomic E-state index is 0.0183. The first kappa shape index (κ1) is 24.8. The Morgan fingerprint density at radius 1 is 0.971 bits per heavy atom. The van der Waals surface area contributed by atoms with Crippen LogP contribution in [0, 0.1) is 0 Å². The molecule has 0 saturated carbocycles. The van der Waals surface area contributed by atoms with Gasteiger partial charge in [-0.2, -0.15) is 0 Å². The van der Waals surface area contributed by atoms with E-state index in [2.05, 4.69) is 10.2 Å². The summed E-state index contributed by atoms with van der Waals surface area (Å²) in [7, 11) is 0. The molecule has 2 aromatic carbocycles. The quantitative estimate of drug-likeness (QED) is 0.634. The molecule has 0 aromatic heterocycles. The molecule has 2 fully saturated rings. The van der Waals surface area contributed by atoms with Gasteiger partial charge in [-0.05, 0) is 43.4 Å². The number of likely N-dealkylation sites (tertiary alicyclic amines) is 1. The molecule has 0 aliphatic carbocycles. The van der Waals surface area contributed by atoms with Crippen molar-refractivity contribution < 1.29 is 14.4 Å². The van der Waals surface area contributed by atoms with Crippen LogP contribution >= 0.6 is 0 Å². The molecule has 35 heavy (non-hydrogen) atoms. The van der Waals surface area contributed by atoms with Crippen molar-refractivity contribution in [3.05, 3.63) is 66.2 Å². The molecule has 1 N–H and O–H groups in total. The van der Waals surface area contributed by atoms with Crippen LogP contribution in [0.4, 0.5) is 5.69 Å². The monoisotopic (exact) mass is 476 g/mol. The van der Waals surface area contributed by atoms with Crippen LogP contribution in [0.25, 0.3) is 0 Å². The van der Waals surface area contributed by atoms with Crippen molar-refractivity contribution in [1.82, 2.24) is 15.1 Å². The molecule has 0 bridgehead atoms. The smallest absolute Gasteiger partial charge is 0.250 e. The fourth-order valence-corrected chi connectivity index (χ4v) is 5.37. The fourth-order valence-electron chi connectivity index (χ4n) is 5.37. The number of carbonyl (C=O) groups excluding carboxylic acids is 3. The van der Waals surface area contributed by atoms with Crippen molar-refractivity contribution in [3.63, 3.8) is 0 Å². The Labute approximate surface area is 208 Å². The zero-order chi connectivity index (χ0) is 24.8. The van der Waals surface area contributed by atoms with E-state index < -0.39 is 5.54 Å². The SMILES string of the molecule is CCCNC(=O)CN1CN(c2ccccc2)C2(CCN(C(=O)C(CC)c3ccccc3)CC2)C1=O. The standard InChI is InChI=1S/C28H36N4O3/c1-3-17-29-25(33)20-31-21-32(23-13-9-6-10-14-23)28(27(31)35)15-18-30(19-16-28)26(34)24(4-2)22-11-7-5-8-12-22/h5-14,24H,3-4,15-21H2,1-2H3,(H,29,33). The second kappa shape index (κ2) is 10.9. The molecule has 2 aliphatic rings. The zero-order valence-corrected chi connectivity index (χ0v) is 20.8. The second-order valence-corrected chi connectivity index (χ2v) is 9.49. The average molecular weight is 477 g/mol. The highest BCUT2D eigenvalue weighted by Gasteiger charge is 2.54. The third-order valence-electron chi connectivity index (χ3n) is 7.30. The number of anilines is 1. The Hall–Kier alpha value is -3.35. The van der Waals surface area contributed by atoms with Crippen LogP contribution in [0.1, 0.15) is 51.0 Å². The van der Waals surface area contributed by atoms with E-state index in [0.29, 0.717) is 39.1 Å². The second-order valence-electron chi connectivity index (χ2n) is 9.49. The molecule has 2 aliphatic heterocycles. The first-order valence-corrected chi connectivity index (χ1v) is 12.7. The molecule has 4 rings (SSSR count). The van der Waals surface area contributed by atoms with Crippen molar-refractivity contribution >= 4 is 23.4 Å². The molecule has 2 saturated heterocycles. The van der Waals surface area contributed by atoms with E-state index in [0.717, 1.165) is 24.1 Å². The van der Waals surface area contributed by atoms with Gasteiger partial charge in [0.15, 0.2) is 0 Å². The molecule has 2 aromatic rings. The summed E-state index contributed by atoms with van der Waals surface area (Å²) in [6.45, 7) is 6.12. The molecule has 7 nitrogen and oxygen atoms in total. The number of hydrogen-bond acceptors (Lipinski definition) is 4. The number of hydrogen-bond donors (Lipinski definition) is 1. The van der Waals surface area contributed by atoms with E-state index in [1.165, 1.54) is 0 Å². The number of carbonyl (C=O) groups is 3. The van der Waals surface area contributed by atoms with Crippen molar-refractivity contribution in [2.75, 3.05) is 37.7 Å². The molecule has 1 unspecified atom stereocenters. The number of rotatable bonds is 8. The van der Waals surface area contributed by atoms with Crippen LogP contribution < -0.4 is 10.2 Å². The predicted molar refractivity (Wildman–Crippen MR) is 137 cm³/mol. The lowest BCUT2D eigenvalue weighted by Gasteiger charge is -2.44. The van der Waals surface area contributed by atoms with Crippen molar-refractivity contribution in [1.29, 1.82) is 0 Å². The minimum Gasteiger partial charge on any atom is -0.355 e. The minimum atomic E-state index is -0.738. The molecule has 1 atom stereocenters. The fraction of sp³-hybridized carbons (Fsp3) is 0.464. The van der Waals surface area contributed by atoms with Gasteiger partial charge in [-0.1, -0.05) is 62.4 Å². The lowest BCUT2D eigenvalue weighted by molar-refractivity contribution is -0.140. The maximum absolute atomic E-state index is 13.8. The molecular formula is C28H36N4O3. The summed E-state index contributed by atoms with van der Waals surface area (Å²) in [5.74, 6) is -0.198. The maximum atomic E-state index is 13.8. The van der Waals surface area contributed by atoms with Crippen molar-refractivity contribution in [2.45, 2.75) is 51.0 Å². The summed E-state index contributed by atoms with van der Waals surface area (Å²) in [4.78, 5) is 45.3. The van der Waals surface area contributed by atoms with Gasteiger partial charge in [-0.25, -0.2) is 0 Å². The van der Waals surface area contributed by atoms with Gasteiger partial charge in [0, 0.05) is 25.3 Å². The number of para-hydroxylation sites is 1. The molecular weight excluding hydrogens is 440 g/mol. The Balaban J connectivity index is 1.52. The zero-order valence-electron chi connectivity index (χ0n) is 20.8. The normalized spacial score (nSPS) is 18.1. The van der Waals surface area contributed by atoms with Gasteiger partial charge in [-0.3, -0.25) is 14.4 Å². The molecule has 186 valence electrons. The largest absolute Gasteiger partial charge is 0.355 e. The van der Waals surface area contributed by atoms with Crippen LogP contribution in [0.2, 0.25) is 0 Å². The van der Waals surface area contributed by atoms with Gasteiger partial charge >= 0.3 is 0 Å². The van der Waals surface area contributed by atoms with Crippen molar-refractivity contribution in [2.24, 2.45) is 0 Å². The van der Waals surface area contributed by atoms with Gasteiger partial charge in [0.05, 0.1) is 12.6 Å². The number of piperidine rings is 1. The summed E-state index contributed by atoms with van der Waals surface area (Å²) in [5, 5.41) is 2.88. The van der Waals surface area contributed by atoms with E-state index >= 15 is 0 Å². The van der Waals surface area contributed by atoms with Gasteiger partial charge in [0.25, 0.3) is 5.91 Å². The third kappa shape index (κ3) is 5.04. The lowest BCUT2D eigenvalue weighted by Crippen LogP contribution is -2.58. The Morgan fingerprint density at radius 2 is 1.60 bits per heavy atom. The first-order chi connectivity index (χ1) is 17.0. The lowest BCUT2D eigenvalue weighted by atomic mass is 9.84. The molecule has 7 heteroatoms. The Bertz CT molecular complexity index is 1020. The molecule has 3 amide bonds. The Morgan fingerprint density at radius 3 is 2.20 bits per heavy atom. The van der Waals surface area contributed by atoms with E-state index in [-0.39, 0.29) is 30.2 Å². The topological polar surface area (TPSA) is 73.0 Å². The van der Waals surface area contributed by atoms with E-state index in [9.17, 15) is 14.4 Å². The summed E-state index contributed by atoms with van der Waals surface area (Å²) < 4.78 is 0. The predicted octanol–water partition coefficient (Wildman–Crippen LogP) is 3.37. The highest BCUT2D eigenvalue weighted by atomic mass is 16.2. The number of nitrogens with one attached hydrogen (secondary N) is 1. The van der Waals surface area contributed by atoms with Crippen LogP contribution in [0.5, 0.6) is 0 Å². The number of benzene rings is 2. The maximum Gasteiger partial charge on any atom is 0.250 e. The van der Waals surface area contributed by atoms with Crippen LogP contribution in [-0.4, -0.2) is 65.9 Å². The van der Waals surface area contributed by atoms with Crippen LogP contribution in [-0.2, 0) is 14.4 Å². The van der Waals surface area contributed by atoms with Gasteiger partial charge in [0.2, 0.25) is 11.8 Å². The third-order valence-corrected chi connectivity index (χ3v) is 7.30. The average Bonchev–Trinajstić information content (AvgIpc) is 3.15. The van der Waals surface area contributed by atoms with Crippen LogP contribution in [0.3, 0.4) is 0 Å². The first-order valence-electron chi connectivity index (χ1n) is 12.7. The van der Waals surface area contributed by atoms with Crippen LogP contribution in [0.15, 0.2) is 60.7 Å². The molecule has 0 radical (unpaired) electrons. The summed E-state index contributed by atoms with van der Waals surface area (Å²) >= 11 is 0. The highest BCUT2D eigenvalue weighted by molar-refractivity contribution is 5.96. The highest BCUT2D eigenvalue weighted by Crippen LogP contribution is 2.40. The van der Waals surface area contributed by atoms with Gasteiger partial charge < -0.3 is 20.0 Å². The summed E-state index contributed by atoms with van der Waals surface area (Å²) in [6, 6.07) is 19.8. The van der Waals surface area contributed by atoms with Gasteiger partial charge in [0.1, 0.15) is 12.1 Å². The van der Waals surface area contributed by atoms with E-state index in [1.807, 2.05) is 79.4 Å². The summed E-state index contributed by atoms with van der Waals surface area (Å²) in [6.07, 6.45) is 2.68. The van der Waals surface area contributed by atoms with E-state index in [1.54, 1.807) is 4.90 Å². The number of nitrogens with zero attached hydrogens (tertiary/aromatic N) is 3. The molecule has 2 heterocycles. The molecule has 1 spiro atoms. The van der Waals surface area contributed by atoms with E-state index in [4.69, 9.17) is 0 Å². The summed E-state index contributed by atoms with van der Waals surface area (Å²) in [5.41, 5.74) is 1.26.